The zero-order chi connectivity index (χ0) is 11.9. The van der Waals surface area contributed by atoms with E-state index >= 15 is 0 Å². The van der Waals surface area contributed by atoms with Crippen LogP contribution in [0.4, 0.5) is 5.69 Å². The van der Waals surface area contributed by atoms with Crippen LogP contribution in [0.2, 0.25) is 0 Å². The molecule has 1 aromatic rings. The fraction of sp³-hybridized carbons (Fsp3) is 0.462. The molecule has 0 saturated carbocycles. The molecule has 16 heavy (non-hydrogen) atoms. The predicted molar refractivity (Wildman–Crippen MR) is 65.5 cm³/mol. The summed E-state index contributed by atoms with van der Waals surface area (Å²) in [4.78, 5) is 13.4. The van der Waals surface area contributed by atoms with E-state index in [1.54, 1.807) is 4.90 Å². The molecule has 1 saturated heterocycles. The van der Waals surface area contributed by atoms with Gasteiger partial charge in [-0.05, 0) is 30.5 Å². The largest absolute Gasteiger partial charge is 0.318 e. The summed E-state index contributed by atoms with van der Waals surface area (Å²) in [6, 6.07) is 7.92. The molecule has 1 aliphatic heterocycles. The second-order valence-corrected chi connectivity index (χ2v) is 4.72. The lowest BCUT2D eigenvalue weighted by atomic mass is 9.95. The van der Waals surface area contributed by atoms with Gasteiger partial charge in [0.1, 0.15) is 6.04 Å². The minimum Gasteiger partial charge on any atom is -0.318 e. The van der Waals surface area contributed by atoms with Crippen LogP contribution in [0.1, 0.15) is 32.3 Å². The molecule has 2 atom stereocenters. The summed E-state index contributed by atoms with van der Waals surface area (Å²) in [5, 5.41) is 0. The molecule has 2 N–H and O–H groups in total. The molecule has 0 aromatic heterocycles. The number of β-lactam (4-membered cyclic amide) rings is 1. The molecular formula is C13H18N2O. The van der Waals surface area contributed by atoms with Gasteiger partial charge in [-0.15, -0.1) is 0 Å². The smallest absolute Gasteiger partial charge is 0.246 e. The highest BCUT2D eigenvalue weighted by atomic mass is 16.2. The van der Waals surface area contributed by atoms with Gasteiger partial charge in [-0.3, -0.25) is 4.79 Å². The second kappa shape index (κ2) is 3.91. The summed E-state index contributed by atoms with van der Waals surface area (Å²) in [5.41, 5.74) is 7.91. The predicted octanol–water partition coefficient (Wildman–Crippen LogP) is 1.87. The quantitative estimate of drug-likeness (QED) is 0.770. The summed E-state index contributed by atoms with van der Waals surface area (Å²) < 4.78 is 0. The molecule has 0 radical (unpaired) electrons. The van der Waals surface area contributed by atoms with Crippen LogP contribution in [-0.2, 0) is 4.79 Å². The number of nitrogens with two attached hydrogens (primary N) is 1. The van der Waals surface area contributed by atoms with Crippen LogP contribution in [-0.4, -0.2) is 18.0 Å². The van der Waals surface area contributed by atoms with E-state index in [1.807, 2.05) is 19.1 Å². The number of anilines is 1. The minimum atomic E-state index is -0.329. The third kappa shape index (κ3) is 1.61. The Labute approximate surface area is 96.2 Å². The summed E-state index contributed by atoms with van der Waals surface area (Å²) >= 11 is 0. The van der Waals surface area contributed by atoms with Crippen molar-refractivity contribution in [1.29, 1.82) is 0 Å². The maximum Gasteiger partial charge on any atom is 0.246 e. The van der Waals surface area contributed by atoms with Gasteiger partial charge in [0.25, 0.3) is 0 Å². The minimum absolute atomic E-state index is 0.0183. The molecule has 86 valence electrons. The van der Waals surface area contributed by atoms with Gasteiger partial charge in [0.15, 0.2) is 0 Å². The van der Waals surface area contributed by atoms with E-state index in [9.17, 15) is 4.79 Å². The van der Waals surface area contributed by atoms with Crippen molar-refractivity contribution in [1.82, 2.24) is 0 Å². The lowest BCUT2D eigenvalue weighted by molar-refractivity contribution is -0.125. The number of nitrogens with zero attached hydrogens (tertiary/aromatic N) is 1. The maximum absolute atomic E-state index is 11.6. The van der Waals surface area contributed by atoms with Gasteiger partial charge >= 0.3 is 0 Å². The Balaban J connectivity index is 2.20. The monoisotopic (exact) mass is 218 g/mol. The van der Waals surface area contributed by atoms with E-state index < -0.39 is 0 Å². The van der Waals surface area contributed by atoms with Crippen LogP contribution >= 0.6 is 0 Å². The van der Waals surface area contributed by atoms with Crippen molar-refractivity contribution in [3.8, 4) is 0 Å². The number of benzene rings is 1. The zero-order valence-electron chi connectivity index (χ0n) is 9.97. The first kappa shape index (κ1) is 11.1. The van der Waals surface area contributed by atoms with E-state index in [0.717, 1.165) is 5.69 Å². The Hall–Kier alpha value is -1.35. The Morgan fingerprint density at radius 3 is 2.25 bits per heavy atom. The van der Waals surface area contributed by atoms with Crippen molar-refractivity contribution in [3.63, 3.8) is 0 Å². The van der Waals surface area contributed by atoms with Gasteiger partial charge in [-0.2, -0.15) is 0 Å². The molecule has 1 aliphatic rings. The van der Waals surface area contributed by atoms with E-state index in [0.29, 0.717) is 5.92 Å². The third-order valence-corrected chi connectivity index (χ3v) is 3.29. The van der Waals surface area contributed by atoms with Crippen LogP contribution < -0.4 is 10.6 Å². The fourth-order valence-corrected chi connectivity index (χ4v) is 2.03. The van der Waals surface area contributed by atoms with Crippen molar-refractivity contribution in [2.24, 2.45) is 5.73 Å². The number of carbonyl (C=O) groups excluding carboxylic acids is 1. The van der Waals surface area contributed by atoms with Crippen molar-refractivity contribution < 1.29 is 4.79 Å². The van der Waals surface area contributed by atoms with E-state index in [-0.39, 0.29) is 18.0 Å². The molecular weight excluding hydrogens is 200 g/mol. The van der Waals surface area contributed by atoms with Gasteiger partial charge in [0.2, 0.25) is 5.91 Å². The van der Waals surface area contributed by atoms with E-state index in [2.05, 4.69) is 26.0 Å². The molecule has 1 amide bonds. The average molecular weight is 218 g/mol. The Morgan fingerprint density at radius 2 is 1.81 bits per heavy atom. The van der Waals surface area contributed by atoms with Gasteiger partial charge in [-0.25, -0.2) is 0 Å². The average Bonchev–Trinajstić information content (AvgIpc) is 2.29. The summed E-state index contributed by atoms with van der Waals surface area (Å²) in [6.45, 7) is 6.28. The van der Waals surface area contributed by atoms with Crippen LogP contribution in [0.5, 0.6) is 0 Å². The van der Waals surface area contributed by atoms with Gasteiger partial charge in [-0.1, -0.05) is 26.0 Å². The Morgan fingerprint density at radius 1 is 1.25 bits per heavy atom. The fourth-order valence-electron chi connectivity index (χ4n) is 2.03. The van der Waals surface area contributed by atoms with Crippen molar-refractivity contribution in [2.75, 3.05) is 4.90 Å². The summed E-state index contributed by atoms with van der Waals surface area (Å²) in [6.07, 6.45) is 0. The van der Waals surface area contributed by atoms with Crippen LogP contribution in [0, 0.1) is 0 Å². The molecule has 1 aromatic carbocycles. The molecule has 3 heteroatoms. The molecule has 2 rings (SSSR count). The normalized spacial score (nSPS) is 24.8. The SMILES string of the molecule is CC(C)c1ccc(N2C(=O)[C@H](N)[C@H]2C)cc1. The third-order valence-electron chi connectivity index (χ3n) is 3.29. The standard InChI is InChI=1S/C13H18N2O/c1-8(2)10-4-6-11(7-5-10)15-9(3)12(14)13(15)16/h4-9,12H,14H2,1-3H3/t9-,12-/m1/s1. The Bertz CT molecular complexity index is 397. The molecule has 0 bridgehead atoms. The highest BCUT2D eigenvalue weighted by Crippen LogP contribution is 2.28. The highest BCUT2D eigenvalue weighted by Gasteiger charge is 2.42. The number of amides is 1. The van der Waals surface area contributed by atoms with Crippen LogP contribution in [0.3, 0.4) is 0 Å². The first-order valence-electron chi connectivity index (χ1n) is 5.71. The van der Waals surface area contributed by atoms with Gasteiger partial charge < -0.3 is 10.6 Å². The molecule has 0 unspecified atom stereocenters. The first-order chi connectivity index (χ1) is 7.52. The van der Waals surface area contributed by atoms with E-state index in [1.165, 1.54) is 5.56 Å². The first-order valence-corrected chi connectivity index (χ1v) is 5.71. The molecule has 3 nitrogen and oxygen atoms in total. The second-order valence-electron chi connectivity index (χ2n) is 4.72. The van der Waals surface area contributed by atoms with Crippen LogP contribution in [0.25, 0.3) is 0 Å². The number of hydrogen-bond acceptors (Lipinski definition) is 2. The van der Waals surface area contributed by atoms with Gasteiger partial charge in [0.05, 0.1) is 6.04 Å². The van der Waals surface area contributed by atoms with Crippen LogP contribution in [0.15, 0.2) is 24.3 Å². The Kier molecular flexibility index (Phi) is 2.72. The lowest BCUT2D eigenvalue weighted by Gasteiger charge is -2.43. The number of rotatable bonds is 2. The zero-order valence-corrected chi connectivity index (χ0v) is 9.97. The van der Waals surface area contributed by atoms with E-state index in [4.69, 9.17) is 5.73 Å². The summed E-state index contributed by atoms with van der Waals surface area (Å²) in [5.74, 6) is 0.533. The molecule has 0 spiro atoms. The number of hydrogen-bond donors (Lipinski definition) is 1. The molecule has 0 aliphatic carbocycles. The van der Waals surface area contributed by atoms with Gasteiger partial charge in [0, 0.05) is 5.69 Å². The van der Waals surface area contributed by atoms with Crippen molar-refractivity contribution in [3.05, 3.63) is 29.8 Å². The topological polar surface area (TPSA) is 46.3 Å². The number of carbonyl (C=O) groups is 1. The highest BCUT2D eigenvalue weighted by molar-refractivity contribution is 6.05. The molecule has 1 fully saturated rings. The molecule has 1 heterocycles. The lowest BCUT2D eigenvalue weighted by Crippen LogP contribution is -2.67. The summed E-state index contributed by atoms with van der Waals surface area (Å²) in [7, 11) is 0. The van der Waals surface area contributed by atoms with Crippen molar-refractivity contribution >= 4 is 11.6 Å². The van der Waals surface area contributed by atoms with Crippen molar-refractivity contribution in [2.45, 2.75) is 38.8 Å². The maximum atomic E-state index is 11.6.